The highest BCUT2D eigenvalue weighted by Crippen LogP contribution is 2.42. The largest absolute Gasteiger partial charge is 0.310 e. The highest BCUT2D eigenvalue weighted by Gasteiger charge is 2.16. The Morgan fingerprint density at radius 1 is 0.179 bits per heavy atom. The summed E-state index contributed by atoms with van der Waals surface area (Å²) >= 11 is 0. The van der Waals surface area contributed by atoms with Gasteiger partial charge in [-0.25, -0.2) is 0 Å². The molecule has 10 rings (SSSR count). The van der Waals surface area contributed by atoms with Gasteiger partial charge in [0.25, 0.3) is 0 Å². The molecule has 0 heterocycles. The van der Waals surface area contributed by atoms with Gasteiger partial charge in [-0.1, -0.05) is 146 Å². The summed E-state index contributed by atoms with van der Waals surface area (Å²) in [6.45, 7) is 0. The minimum Gasteiger partial charge on any atom is -0.310 e. The first-order valence-corrected chi connectivity index (χ1v) is 19.2. The number of nitrogens with zero attached hydrogens (tertiary/aromatic N) is 2. The van der Waals surface area contributed by atoms with Gasteiger partial charge in [0.05, 0.1) is 0 Å². The van der Waals surface area contributed by atoms with Crippen molar-refractivity contribution >= 4 is 66.4 Å². The lowest BCUT2D eigenvalue weighted by Crippen LogP contribution is -2.09. The smallest absolute Gasteiger partial charge is 0.0467 e. The summed E-state index contributed by atoms with van der Waals surface area (Å²) < 4.78 is 0. The van der Waals surface area contributed by atoms with Crippen LogP contribution in [0.1, 0.15) is 0 Å². The molecule has 2 nitrogen and oxygen atoms in total. The lowest BCUT2D eigenvalue weighted by molar-refractivity contribution is 1.28. The second kappa shape index (κ2) is 14.4. The Bertz CT molecular complexity index is 2650. The molecule has 264 valence electrons. The van der Waals surface area contributed by atoms with Crippen molar-refractivity contribution in [2.45, 2.75) is 0 Å². The Kier molecular flexibility index (Phi) is 8.55. The lowest BCUT2D eigenvalue weighted by atomic mass is 9.90. The van der Waals surface area contributed by atoms with Gasteiger partial charge in [0.2, 0.25) is 0 Å². The van der Waals surface area contributed by atoms with Crippen LogP contribution in [0.2, 0.25) is 0 Å². The summed E-state index contributed by atoms with van der Waals surface area (Å²) in [7, 11) is 0. The van der Waals surface area contributed by atoms with Gasteiger partial charge < -0.3 is 9.80 Å². The van der Waals surface area contributed by atoms with E-state index in [0.717, 1.165) is 34.1 Å². The van der Waals surface area contributed by atoms with Crippen molar-refractivity contribution in [3.63, 3.8) is 0 Å². The first-order chi connectivity index (χ1) is 27.8. The second-order valence-corrected chi connectivity index (χ2v) is 14.2. The van der Waals surface area contributed by atoms with Crippen molar-refractivity contribution < 1.29 is 0 Å². The Morgan fingerprint density at radius 3 is 0.821 bits per heavy atom. The Balaban J connectivity index is 1.07. The summed E-state index contributed by atoms with van der Waals surface area (Å²) in [5, 5.41) is 7.55. The Morgan fingerprint density at radius 2 is 0.464 bits per heavy atom. The average molecular weight is 715 g/mol. The van der Waals surface area contributed by atoms with Crippen LogP contribution in [0.3, 0.4) is 0 Å². The molecule has 0 atom stereocenters. The monoisotopic (exact) mass is 714 g/mol. The molecule has 10 aromatic rings. The van der Waals surface area contributed by atoms with Crippen molar-refractivity contribution in [1.82, 2.24) is 0 Å². The van der Waals surface area contributed by atoms with Crippen LogP contribution in [-0.2, 0) is 0 Å². The summed E-state index contributed by atoms with van der Waals surface area (Å²) in [5.74, 6) is 0. The fourth-order valence-electron chi connectivity index (χ4n) is 8.17. The van der Waals surface area contributed by atoms with Crippen molar-refractivity contribution in [2.75, 3.05) is 9.80 Å². The van der Waals surface area contributed by atoms with Crippen LogP contribution in [-0.4, -0.2) is 0 Å². The van der Waals surface area contributed by atoms with Gasteiger partial charge >= 0.3 is 0 Å². The van der Waals surface area contributed by atoms with E-state index in [1.807, 2.05) is 0 Å². The van der Waals surface area contributed by atoms with Crippen molar-refractivity contribution in [1.29, 1.82) is 0 Å². The molecule has 0 aliphatic carbocycles. The molecule has 56 heavy (non-hydrogen) atoms. The molecule has 0 unspecified atom stereocenters. The number of rotatable bonds is 8. The molecular formula is C54H38N2. The number of para-hydroxylation sites is 4. The molecule has 0 radical (unpaired) electrons. The van der Waals surface area contributed by atoms with E-state index in [2.05, 4.69) is 240 Å². The molecular weight excluding hydrogens is 677 g/mol. The zero-order valence-corrected chi connectivity index (χ0v) is 30.8. The molecule has 0 fully saturated rings. The molecule has 0 amide bonds. The second-order valence-electron chi connectivity index (χ2n) is 14.2. The molecule has 0 spiro atoms. The predicted octanol–water partition coefficient (Wildman–Crippen LogP) is 15.4. The van der Waals surface area contributed by atoms with Crippen LogP contribution in [0.15, 0.2) is 231 Å². The maximum Gasteiger partial charge on any atom is 0.0467 e. The molecule has 2 heteroatoms. The number of benzene rings is 10. The summed E-state index contributed by atoms with van der Waals surface area (Å²) in [6.07, 6.45) is 0. The van der Waals surface area contributed by atoms with Crippen LogP contribution in [0.5, 0.6) is 0 Å². The third kappa shape index (κ3) is 6.14. The molecule has 0 saturated carbocycles. The standard InChI is InChI=1S/C54H38N2/c1-5-19-43(20-6-1)55(44-21-7-2-8-22-44)47-27-15-17-39(35-47)41-31-33-51-52-34-32-42(38-54(52)50-30-14-13-29-49(50)53(51)37-41)40-18-16-28-48(36-40)56(45-23-9-3-10-24-45)46-25-11-4-12-26-46/h1-38H. The third-order valence-corrected chi connectivity index (χ3v) is 10.8. The molecule has 0 bridgehead atoms. The summed E-state index contributed by atoms with van der Waals surface area (Å²) in [4.78, 5) is 4.64. The number of hydrogen-bond acceptors (Lipinski definition) is 2. The average Bonchev–Trinajstić information content (AvgIpc) is 3.28. The van der Waals surface area contributed by atoms with E-state index in [4.69, 9.17) is 0 Å². The van der Waals surface area contributed by atoms with E-state index in [-0.39, 0.29) is 0 Å². The fraction of sp³-hybridized carbons (Fsp3) is 0. The first kappa shape index (κ1) is 33.2. The Hall–Kier alpha value is -7.42. The maximum absolute atomic E-state index is 2.38. The topological polar surface area (TPSA) is 6.48 Å². The molecule has 0 aliphatic rings. The normalized spacial score (nSPS) is 11.2. The molecule has 10 aromatic carbocycles. The van der Waals surface area contributed by atoms with Gasteiger partial charge in [-0.2, -0.15) is 0 Å². The van der Waals surface area contributed by atoms with Gasteiger partial charge in [0, 0.05) is 34.1 Å². The van der Waals surface area contributed by atoms with Crippen LogP contribution < -0.4 is 9.80 Å². The molecule has 0 aromatic heterocycles. The zero-order chi connectivity index (χ0) is 37.3. The molecule has 0 saturated heterocycles. The van der Waals surface area contributed by atoms with Crippen LogP contribution >= 0.6 is 0 Å². The zero-order valence-electron chi connectivity index (χ0n) is 30.8. The van der Waals surface area contributed by atoms with Crippen LogP contribution in [0.4, 0.5) is 34.1 Å². The highest BCUT2D eigenvalue weighted by molar-refractivity contribution is 6.26. The summed E-state index contributed by atoms with van der Waals surface area (Å²) in [6, 6.07) is 83.0. The summed E-state index contributed by atoms with van der Waals surface area (Å²) in [5.41, 5.74) is 11.5. The van der Waals surface area contributed by atoms with E-state index in [1.54, 1.807) is 0 Å². The van der Waals surface area contributed by atoms with Crippen molar-refractivity contribution in [2.24, 2.45) is 0 Å². The number of anilines is 6. The molecule has 0 N–H and O–H groups in total. The number of hydrogen-bond donors (Lipinski definition) is 0. The first-order valence-electron chi connectivity index (χ1n) is 19.2. The van der Waals surface area contributed by atoms with E-state index in [1.165, 1.54) is 54.6 Å². The Labute approximate surface area is 327 Å². The highest BCUT2D eigenvalue weighted by atomic mass is 15.1. The molecule has 0 aliphatic heterocycles. The van der Waals surface area contributed by atoms with Gasteiger partial charge in [0.15, 0.2) is 0 Å². The minimum atomic E-state index is 1.12. The van der Waals surface area contributed by atoms with E-state index >= 15 is 0 Å². The van der Waals surface area contributed by atoms with E-state index < -0.39 is 0 Å². The van der Waals surface area contributed by atoms with Crippen molar-refractivity contribution in [3.8, 4) is 22.3 Å². The van der Waals surface area contributed by atoms with E-state index in [9.17, 15) is 0 Å². The predicted molar refractivity (Wildman–Crippen MR) is 239 cm³/mol. The van der Waals surface area contributed by atoms with Crippen LogP contribution in [0.25, 0.3) is 54.6 Å². The number of fused-ring (bicyclic) bond motifs is 6. The lowest BCUT2D eigenvalue weighted by Gasteiger charge is -2.26. The van der Waals surface area contributed by atoms with Crippen LogP contribution in [0, 0.1) is 0 Å². The van der Waals surface area contributed by atoms with Gasteiger partial charge in [-0.3, -0.25) is 0 Å². The quantitative estimate of drug-likeness (QED) is 0.145. The third-order valence-electron chi connectivity index (χ3n) is 10.8. The minimum absolute atomic E-state index is 1.12. The fourth-order valence-corrected chi connectivity index (χ4v) is 8.17. The van der Waals surface area contributed by atoms with E-state index in [0.29, 0.717) is 0 Å². The maximum atomic E-state index is 2.38. The van der Waals surface area contributed by atoms with Crippen molar-refractivity contribution in [3.05, 3.63) is 231 Å². The van der Waals surface area contributed by atoms with Gasteiger partial charge in [-0.05, 0) is 140 Å². The van der Waals surface area contributed by atoms with Gasteiger partial charge in [0.1, 0.15) is 0 Å². The SMILES string of the molecule is c1ccc(N(c2ccccc2)c2cccc(-c3ccc4c5ccc(-c6cccc(N(c7ccccc7)c7ccccc7)c6)cc5c5ccccc5c4c3)c2)cc1. The van der Waals surface area contributed by atoms with Gasteiger partial charge in [-0.15, -0.1) is 0 Å².